The van der Waals surface area contributed by atoms with Crippen LogP contribution in [0.4, 0.5) is 0 Å². The summed E-state index contributed by atoms with van der Waals surface area (Å²) in [6.07, 6.45) is 0. The Balaban J connectivity index is 0.991. The van der Waals surface area contributed by atoms with E-state index < -0.39 is 0 Å². The summed E-state index contributed by atoms with van der Waals surface area (Å²) in [4.78, 5) is 10.5. The van der Waals surface area contributed by atoms with Crippen LogP contribution in [0.15, 0.2) is 237 Å². The molecule has 300 valence electrons. The van der Waals surface area contributed by atoms with Gasteiger partial charge in [0.25, 0.3) is 0 Å². The fourth-order valence-electron chi connectivity index (χ4n) is 10.2. The molecule has 10 aromatic carbocycles. The quantitative estimate of drug-likeness (QED) is 0.160. The molecule has 1 aliphatic rings. The molecule has 1 heterocycles. The Kier molecular flexibility index (Phi) is 8.98. The van der Waals surface area contributed by atoms with Gasteiger partial charge in [0.15, 0.2) is 5.82 Å². The third-order valence-corrected chi connectivity index (χ3v) is 13.4. The maximum Gasteiger partial charge on any atom is 0.160 e. The first-order valence-electron chi connectivity index (χ1n) is 22.1. The molecule has 11 aromatic rings. The molecule has 0 saturated heterocycles. The van der Waals surface area contributed by atoms with Gasteiger partial charge in [0.1, 0.15) is 0 Å². The van der Waals surface area contributed by atoms with Crippen molar-refractivity contribution in [2.75, 3.05) is 0 Å². The summed E-state index contributed by atoms with van der Waals surface area (Å²) in [5.74, 6) is 0.701. The van der Waals surface area contributed by atoms with Crippen LogP contribution in [0.2, 0.25) is 0 Å². The molecule has 1 atom stereocenters. The standard InChI is InChI=1S/C62H42N2/c1-62(46-24-9-4-10-25-46)57-31-16-15-30-54(57)55-33-32-44(39-58(55)62)47-34-35-52(49-27-12-11-26-48(47)49)53-36-37-56(51-29-14-13-28-50(51)53)60-40-59(63-61(64-60)42-20-7-3-8-21-42)45-23-17-22-43(38-45)41-18-5-2-6-19-41/h2-40H,1H3. The number of rotatable bonds is 7. The van der Waals surface area contributed by atoms with Crippen molar-refractivity contribution in [3.63, 3.8) is 0 Å². The first-order chi connectivity index (χ1) is 31.6. The second-order valence-corrected chi connectivity index (χ2v) is 17.0. The lowest BCUT2D eigenvalue weighted by atomic mass is 9.74. The van der Waals surface area contributed by atoms with Crippen molar-refractivity contribution >= 4 is 21.5 Å². The van der Waals surface area contributed by atoms with Gasteiger partial charge in [-0.3, -0.25) is 0 Å². The van der Waals surface area contributed by atoms with E-state index in [4.69, 9.17) is 9.97 Å². The first-order valence-corrected chi connectivity index (χ1v) is 22.1. The molecule has 0 saturated carbocycles. The highest BCUT2D eigenvalue weighted by molar-refractivity contribution is 6.12. The second kappa shape index (κ2) is 15.3. The number of aromatic nitrogens is 2. The Morgan fingerprint density at radius 1 is 0.281 bits per heavy atom. The molecule has 0 aliphatic heterocycles. The van der Waals surface area contributed by atoms with Crippen molar-refractivity contribution in [3.8, 4) is 78.4 Å². The van der Waals surface area contributed by atoms with Crippen LogP contribution >= 0.6 is 0 Å². The van der Waals surface area contributed by atoms with Gasteiger partial charge in [-0.15, -0.1) is 0 Å². The van der Waals surface area contributed by atoms with Crippen molar-refractivity contribution in [2.45, 2.75) is 12.3 Å². The summed E-state index contributed by atoms with van der Waals surface area (Å²) in [5.41, 5.74) is 18.4. The largest absolute Gasteiger partial charge is 0.228 e. The van der Waals surface area contributed by atoms with Crippen LogP contribution in [0.1, 0.15) is 23.6 Å². The highest BCUT2D eigenvalue weighted by Crippen LogP contribution is 2.53. The van der Waals surface area contributed by atoms with Crippen LogP contribution < -0.4 is 0 Å². The van der Waals surface area contributed by atoms with E-state index in [1.807, 2.05) is 18.2 Å². The van der Waals surface area contributed by atoms with Gasteiger partial charge >= 0.3 is 0 Å². The second-order valence-electron chi connectivity index (χ2n) is 17.0. The summed E-state index contributed by atoms with van der Waals surface area (Å²) < 4.78 is 0. The van der Waals surface area contributed by atoms with Crippen LogP contribution in [0.25, 0.3) is 100.0 Å². The Labute approximate surface area is 373 Å². The third kappa shape index (κ3) is 6.18. The minimum atomic E-state index is -0.266. The average molecular weight is 815 g/mol. The van der Waals surface area contributed by atoms with E-state index in [1.54, 1.807) is 0 Å². The van der Waals surface area contributed by atoms with Crippen LogP contribution in [0.5, 0.6) is 0 Å². The van der Waals surface area contributed by atoms with Gasteiger partial charge in [0, 0.05) is 22.1 Å². The monoisotopic (exact) mass is 814 g/mol. The molecule has 0 spiro atoms. The van der Waals surface area contributed by atoms with E-state index in [-0.39, 0.29) is 5.41 Å². The van der Waals surface area contributed by atoms with Crippen molar-refractivity contribution in [1.29, 1.82) is 0 Å². The van der Waals surface area contributed by atoms with Gasteiger partial charge in [-0.2, -0.15) is 0 Å². The van der Waals surface area contributed by atoms with Gasteiger partial charge in [-0.25, -0.2) is 9.97 Å². The van der Waals surface area contributed by atoms with E-state index in [0.717, 1.165) is 39.0 Å². The Bertz CT molecular complexity index is 3560. The van der Waals surface area contributed by atoms with Gasteiger partial charge in [0.05, 0.1) is 11.4 Å². The zero-order chi connectivity index (χ0) is 42.6. The molecular weight excluding hydrogens is 773 g/mol. The summed E-state index contributed by atoms with van der Waals surface area (Å²) >= 11 is 0. The van der Waals surface area contributed by atoms with E-state index >= 15 is 0 Å². The zero-order valence-corrected chi connectivity index (χ0v) is 35.4. The van der Waals surface area contributed by atoms with Crippen molar-refractivity contribution in [1.82, 2.24) is 9.97 Å². The molecule has 0 N–H and O–H groups in total. The molecule has 2 nitrogen and oxygen atoms in total. The van der Waals surface area contributed by atoms with Gasteiger partial charge in [0.2, 0.25) is 0 Å². The Hall–Kier alpha value is -8.20. The third-order valence-electron chi connectivity index (χ3n) is 13.4. The predicted octanol–water partition coefficient (Wildman–Crippen LogP) is 16.1. The molecule has 2 heteroatoms. The molecule has 0 amide bonds. The summed E-state index contributed by atoms with van der Waals surface area (Å²) in [6, 6.07) is 85.5. The van der Waals surface area contributed by atoms with Gasteiger partial charge in [-0.05, 0) is 108 Å². The minimum Gasteiger partial charge on any atom is -0.228 e. The molecule has 0 fully saturated rings. The summed E-state index contributed by atoms with van der Waals surface area (Å²) in [5, 5.41) is 4.78. The van der Waals surface area contributed by atoms with Crippen molar-refractivity contribution in [2.24, 2.45) is 0 Å². The zero-order valence-electron chi connectivity index (χ0n) is 35.4. The minimum absolute atomic E-state index is 0.266. The lowest BCUT2D eigenvalue weighted by molar-refractivity contribution is 0.714. The van der Waals surface area contributed by atoms with Crippen molar-refractivity contribution in [3.05, 3.63) is 253 Å². The topological polar surface area (TPSA) is 25.8 Å². The molecule has 0 bridgehead atoms. The number of fused-ring (bicyclic) bond motifs is 5. The average Bonchev–Trinajstić information content (AvgIpc) is 3.64. The lowest BCUT2D eigenvalue weighted by Gasteiger charge is -2.28. The van der Waals surface area contributed by atoms with Crippen LogP contribution in [-0.2, 0) is 5.41 Å². The number of nitrogens with zero attached hydrogens (tertiary/aromatic N) is 2. The fourth-order valence-corrected chi connectivity index (χ4v) is 10.2. The molecule has 64 heavy (non-hydrogen) atoms. The van der Waals surface area contributed by atoms with Crippen LogP contribution in [0, 0.1) is 0 Å². The first kappa shape index (κ1) is 37.6. The molecule has 1 aromatic heterocycles. The van der Waals surface area contributed by atoms with E-state index in [0.29, 0.717) is 5.82 Å². The van der Waals surface area contributed by atoms with Gasteiger partial charge < -0.3 is 0 Å². The predicted molar refractivity (Wildman–Crippen MR) is 267 cm³/mol. The van der Waals surface area contributed by atoms with E-state index in [1.165, 1.54) is 71.8 Å². The fraction of sp³-hybridized carbons (Fsp3) is 0.0323. The molecule has 12 rings (SSSR count). The SMILES string of the molecule is CC1(c2ccccc2)c2ccccc2-c2ccc(-c3ccc(-c4ccc(-c5cc(-c6cccc(-c7ccccc7)c6)nc(-c6ccccc6)n5)c5ccccc45)c4ccccc34)cc21. The molecular formula is C62H42N2. The van der Waals surface area contributed by atoms with Crippen LogP contribution in [0.3, 0.4) is 0 Å². The molecule has 0 radical (unpaired) electrons. The highest BCUT2D eigenvalue weighted by atomic mass is 14.9. The number of hydrogen-bond acceptors (Lipinski definition) is 2. The summed E-state index contributed by atoms with van der Waals surface area (Å²) in [6.45, 7) is 2.39. The van der Waals surface area contributed by atoms with E-state index in [2.05, 4.69) is 225 Å². The number of hydrogen-bond donors (Lipinski definition) is 0. The molecule has 1 unspecified atom stereocenters. The number of benzene rings is 10. The van der Waals surface area contributed by atoms with Crippen molar-refractivity contribution < 1.29 is 0 Å². The van der Waals surface area contributed by atoms with Crippen LogP contribution in [-0.4, -0.2) is 9.97 Å². The Morgan fingerprint density at radius 2 is 0.766 bits per heavy atom. The lowest BCUT2D eigenvalue weighted by Crippen LogP contribution is -2.22. The van der Waals surface area contributed by atoms with E-state index in [9.17, 15) is 0 Å². The maximum absolute atomic E-state index is 5.28. The smallest absolute Gasteiger partial charge is 0.160 e. The molecule has 1 aliphatic carbocycles. The maximum atomic E-state index is 5.28. The normalized spacial score (nSPS) is 14.1. The Morgan fingerprint density at radius 3 is 1.47 bits per heavy atom. The highest BCUT2D eigenvalue weighted by Gasteiger charge is 2.40. The van der Waals surface area contributed by atoms with Gasteiger partial charge in [-0.1, -0.05) is 218 Å². The summed E-state index contributed by atoms with van der Waals surface area (Å²) in [7, 11) is 0.